The molecule has 1 unspecified atom stereocenters. The van der Waals surface area contributed by atoms with Gasteiger partial charge in [-0.15, -0.1) is 11.3 Å². The van der Waals surface area contributed by atoms with E-state index in [1.54, 1.807) is 13.8 Å². The van der Waals surface area contributed by atoms with E-state index in [1.165, 1.54) is 47.0 Å². The Bertz CT molecular complexity index is 1700. The van der Waals surface area contributed by atoms with Crippen LogP contribution in [0.25, 0.3) is 22.4 Å². The fourth-order valence-corrected chi connectivity index (χ4v) is 5.60. The lowest BCUT2D eigenvalue weighted by atomic mass is 10.1. The number of anilines is 2. The van der Waals surface area contributed by atoms with Crippen LogP contribution in [-0.2, 0) is 18.9 Å². The summed E-state index contributed by atoms with van der Waals surface area (Å²) in [6.45, 7) is 3.50. The number of amides is 1. The molecule has 12 nitrogen and oxygen atoms in total. The topological polar surface area (TPSA) is 133 Å². The summed E-state index contributed by atoms with van der Waals surface area (Å²) < 4.78 is 44.5. The number of aryl methyl sites for hydroxylation is 2. The third kappa shape index (κ3) is 4.47. The largest absolute Gasteiger partial charge is 0.408 e. The van der Waals surface area contributed by atoms with Crippen LogP contribution in [0.15, 0.2) is 28.4 Å². The molecule has 0 bridgehead atoms. The molecule has 0 aromatic carbocycles. The third-order valence-corrected chi connectivity index (χ3v) is 7.73. The van der Waals surface area contributed by atoms with Gasteiger partial charge in [-0.25, -0.2) is 24.7 Å². The smallest absolute Gasteiger partial charge is 0.344 e. The Morgan fingerprint density at radius 2 is 1.95 bits per heavy atom. The predicted molar refractivity (Wildman–Crippen MR) is 138 cm³/mol. The third-order valence-electron chi connectivity index (χ3n) is 6.85. The molecular formula is C23H24F3N9O3S. The monoisotopic (exact) mass is 563 g/mol. The first-order valence-corrected chi connectivity index (χ1v) is 12.8. The molecule has 0 spiro atoms. The Kier molecular flexibility index (Phi) is 6.52. The quantitative estimate of drug-likeness (QED) is 0.392. The van der Waals surface area contributed by atoms with Crippen molar-refractivity contribution in [3.8, 4) is 11.3 Å². The van der Waals surface area contributed by atoms with Crippen molar-refractivity contribution in [1.29, 1.82) is 0 Å². The van der Waals surface area contributed by atoms with Crippen molar-refractivity contribution in [2.45, 2.75) is 44.9 Å². The van der Waals surface area contributed by atoms with Crippen LogP contribution in [0.3, 0.4) is 0 Å². The number of aromatic nitrogens is 7. The van der Waals surface area contributed by atoms with Gasteiger partial charge in [-0.3, -0.25) is 18.7 Å². The summed E-state index contributed by atoms with van der Waals surface area (Å²) in [7, 11) is 2.82. The summed E-state index contributed by atoms with van der Waals surface area (Å²) in [5.41, 5.74) is -0.196. The summed E-state index contributed by atoms with van der Waals surface area (Å²) >= 11 is 1.15. The number of hydrogen-bond acceptors (Lipinski definition) is 9. The maximum absolute atomic E-state index is 13.6. The number of carbonyl (C=O) groups is 1. The molecule has 5 rings (SSSR count). The van der Waals surface area contributed by atoms with E-state index in [4.69, 9.17) is 0 Å². The van der Waals surface area contributed by atoms with Crippen LogP contribution in [0.4, 0.5) is 24.1 Å². The summed E-state index contributed by atoms with van der Waals surface area (Å²) in [4.78, 5) is 56.8. The van der Waals surface area contributed by atoms with Gasteiger partial charge in [0, 0.05) is 31.7 Å². The Hall–Kier alpha value is -4.08. The SMILES string of the molecule is Cc1sc(NC(=O)C(C)n2cnc3c2c(=O)n(C)c(=O)n3C)nc1-c1cncnc1N1CCC[C@H]1C(F)(F)F. The molecule has 4 aromatic rings. The van der Waals surface area contributed by atoms with E-state index in [1.807, 2.05) is 0 Å². The van der Waals surface area contributed by atoms with E-state index in [2.05, 4.69) is 25.3 Å². The average Bonchev–Trinajstić information content (AvgIpc) is 3.64. The fourth-order valence-electron chi connectivity index (χ4n) is 4.77. The number of nitrogens with zero attached hydrogens (tertiary/aromatic N) is 8. The minimum Gasteiger partial charge on any atom is -0.344 e. The Morgan fingerprint density at radius 3 is 2.67 bits per heavy atom. The molecule has 0 radical (unpaired) electrons. The maximum Gasteiger partial charge on any atom is 0.408 e. The molecule has 1 saturated heterocycles. The van der Waals surface area contributed by atoms with Gasteiger partial charge < -0.3 is 14.8 Å². The van der Waals surface area contributed by atoms with E-state index < -0.39 is 35.4 Å². The second-order valence-electron chi connectivity index (χ2n) is 9.27. The lowest BCUT2D eigenvalue weighted by Crippen LogP contribution is -2.41. The van der Waals surface area contributed by atoms with Crippen LogP contribution in [-0.4, -0.2) is 58.3 Å². The fraction of sp³-hybridized carbons (Fsp3) is 0.435. The van der Waals surface area contributed by atoms with E-state index >= 15 is 0 Å². The van der Waals surface area contributed by atoms with Crippen molar-refractivity contribution in [1.82, 2.24) is 33.6 Å². The Morgan fingerprint density at radius 1 is 1.21 bits per heavy atom. The molecule has 1 amide bonds. The summed E-state index contributed by atoms with van der Waals surface area (Å²) in [6, 6.07) is -2.55. The minimum atomic E-state index is -4.41. The van der Waals surface area contributed by atoms with Crippen LogP contribution in [0.5, 0.6) is 0 Å². The highest BCUT2D eigenvalue weighted by Crippen LogP contribution is 2.40. The van der Waals surface area contributed by atoms with Crippen molar-refractivity contribution < 1.29 is 18.0 Å². The van der Waals surface area contributed by atoms with Crippen molar-refractivity contribution in [2.24, 2.45) is 14.1 Å². The second kappa shape index (κ2) is 9.59. The van der Waals surface area contributed by atoms with Gasteiger partial charge in [-0.2, -0.15) is 13.2 Å². The number of carbonyl (C=O) groups excluding carboxylic acids is 1. The number of rotatable bonds is 5. The molecule has 1 N–H and O–H groups in total. The highest BCUT2D eigenvalue weighted by molar-refractivity contribution is 7.16. The molecule has 0 saturated carbocycles. The number of imidazole rings is 1. The second-order valence-corrected chi connectivity index (χ2v) is 10.5. The average molecular weight is 564 g/mol. The molecule has 1 aliphatic heterocycles. The molecule has 16 heteroatoms. The Labute approximate surface area is 222 Å². The molecule has 39 heavy (non-hydrogen) atoms. The van der Waals surface area contributed by atoms with Crippen LogP contribution >= 0.6 is 11.3 Å². The first-order valence-electron chi connectivity index (χ1n) is 11.9. The van der Waals surface area contributed by atoms with Crippen LogP contribution in [0, 0.1) is 6.92 Å². The number of halogens is 3. The van der Waals surface area contributed by atoms with Gasteiger partial charge in [0.2, 0.25) is 5.91 Å². The van der Waals surface area contributed by atoms with Crippen LogP contribution in [0.1, 0.15) is 30.7 Å². The number of hydrogen-bond donors (Lipinski definition) is 1. The number of nitrogens with one attached hydrogen (secondary N) is 1. The van der Waals surface area contributed by atoms with E-state index in [0.29, 0.717) is 22.6 Å². The molecule has 1 fully saturated rings. The normalized spacial score (nSPS) is 16.7. The highest BCUT2D eigenvalue weighted by Gasteiger charge is 2.47. The number of alkyl halides is 3. The van der Waals surface area contributed by atoms with Crippen molar-refractivity contribution in [2.75, 3.05) is 16.8 Å². The van der Waals surface area contributed by atoms with Crippen molar-refractivity contribution in [3.63, 3.8) is 0 Å². The molecule has 206 valence electrons. The van der Waals surface area contributed by atoms with E-state index in [9.17, 15) is 27.6 Å². The van der Waals surface area contributed by atoms with Crippen molar-refractivity contribution in [3.05, 3.63) is 44.6 Å². The first kappa shape index (κ1) is 26.5. The summed E-state index contributed by atoms with van der Waals surface area (Å²) in [5.74, 6) is -0.373. The van der Waals surface area contributed by atoms with Gasteiger partial charge in [0.25, 0.3) is 5.56 Å². The van der Waals surface area contributed by atoms with E-state index in [-0.39, 0.29) is 35.1 Å². The first-order chi connectivity index (χ1) is 18.4. The lowest BCUT2D eigenvalue weighted by molar-refractivity contribution is -0.146. The highest BCUT2D eigenvalue weighted by atomic mass is 32.1. The van der Waals surface area contributed by atoms with Gasteiger partial charge in [0.05, 0.1) is 17.6 Å². The number of thiazole rings is 1. The van der Waals surface area contributed by atoms with Crippen molar-refractivity contribution >= 4 is 39.4 Å². The van der Waals surface area contributed by atoms with Crippen LogP contribution in [0.2, 0.25) is 0 Å². The van der Waals surface area contributed by atoms with Crippen LogP contribution < -0.4 is 21.5 Å². The van der Waals surface area contributed by atoms with Gasteiger partial charge in [-0.1, -0.05) is 0 Å². The molecule has 0 aliphatic carbocycles. The predicted octanol–water partition coefficient (Wildman–Crippen LogP) is 2.39. The van der Waals surface area contributed by atoms with Gasteiger partial charge >= 0.3 is 11.9 Å². The molecule has 2 atom stereocenters. The molecule has 4 aromatic heterocycles. The molecular weight excluding hydrogens is 539 g/mol. The summed E-state index contributed by atoms with van der Waals surface area (Å²) in [6.07, 6.45) is -0.120. The Balaban J connectivity index is 1.45. The summed E-state index contributed by atoms with van der Waals surface area (Å²) in [5, 5.41) is 2.93. The standard InChI is InChI=1S/C23H24F3N9O3S/c1-11(35-10-29-18-16(35)20(37)33(4)22(38)32(18)3)19(36)31-21-30-15(12(2)39-21)13-8-27-9-28-17(13)34-7-5-6-14(34)23(24,25)26/h8-11,14H,5-7H2,1-4H3,(H,30,31,36)/t11?,14-/m0/s1. The maximum atomic E-state index is 13.6. The number of fused-ring (bicyclic) bond motifs is 1. The van der Waals surface area contributed by atoms with E-state index in [0.717, 1.165) is 15.9 Å². The molecule has 1 aliphatic rings. The van der Waals surface area contributed by atoms with Gasteiger partial charge in [0.1, 0.15) is 24.2 Å². The zero-order valence-corrected chi connectivity index (χ0v) is 22.2. The lowest BCUT2D eigenvalue weighted by Gasteiger charge is -2.28. The zero-order valence-electron chi connectivity index (χ0n) is 21.4. The van der Waals surface area contributed by atoms with Gasteiger partial charge in [0.15, 0.2) is 16.3 Å². The minimum absolute atomic E-state index is 0.0254. The molecule has 5 heterocycles. The van der Waals surface area contributed by atoms with Gasteiger partial charge in [-0.05, 0) is 26.7 Å². The zero-order chi connectivity index (χ0) is 28.2.